The first-order chi connectivity index (χ1) is 8.02. The second kappa shape index (κ2) is 6.03. The van der Waals surface area contributed by atoms with Crippen LogP contribution in [0.3, 0.4) is 0 Å². The van der Waals surface area contributed by atoms with E-state index in [-0.39, 0.29) is 11.8 Å². The third-order valence-electron chi connectivity index (χ3n) is 2.13. The maximum atomic E-state index is 11.7. The maximum Gasteiger partial charge on any atom is 0.247 e. The summed E-state index contributed by atoms with van der Waals surface area (Å²) in [5.41, 5.74) is 0. The number of aryl methyl sites for hydroxylation is 1. The van der Waals surface area contributed by atoms with Gasteiger partial charge in [0.15, 0.2) is 5.82 Å². The highest BCUT2D eigenvalue weighted by Crippen LogP contribution is 2.07. The second-order valence-corrected chi connectivity index (χ2v) is 3.85. The zero-order chi connectivity index (χ0) is 12.8. The number of amides is 2. The monoisotopic (exact) mass is 239 g/mol. The van der Waals surface area contributed by atoms with Gasteiger partial charge in [0, 0.05) is 12.5 Å². The summed E-state index contributed by atoms with van der Waals surface area (Å²) in [4.78, 5) is 22.9. The van der Waals surface area contributed by atoms with E-state index in [9.17, 15) is 9.59 Å². The first-order valence-electron chi connectivity index (χ1n) is 5.56. The summed E-state index contributed by atoms with van der Waals surface area (Å²) in [6, 6.07) is 1.02. The van der Waals surface area contributed by atoms with E-state index in [0.29, 0.717) is 18.0 Å². The van der Waals surface area contributed by atoms with Gasteiger partial charge in [-0.05, 0) is 20.3 Å². The van der Waals surface area contributed by atoms with Gasteiger partial charge in [0.05, 0.1) is 0 Å². The summed E-state index contributed by atoms with van der Waals surface area (Å²) in [5, 5.41) is 8.78. The molecule has 0 unspecified atom stereocenters. The molecule has 0 fully saturated rings. The molecule has 1 heterocycles. The van der Waals surface area contributed by atoms with Gasteiger partial charge in [-0.1, -0.05) is 12.1 Å². The number of carbonyl (C=O) groups is 2. The standard InChI is InChI=1S/C11H17N3O3/c1-4-5-10(15)12-8(3)11(16)13-9-6-7(2)17-14-9/h6,8H,4-5H2,1-3H3,(H,12,15)(H,13,14,16)/t8-/m0/s1. The van der Waals surface area contributed by atoms with E-state index in [4.69, 9.17) is 4.52 Å². The predicted molar refractivity (Wildman–Crippen MR) is 62.4 cm³/mol. The molecule has 6 nitrogen and oxygen atoms in total. The summed E-state index contributed by atoms with van der Waals surface area (Å²) < 4.78 is 4.81. The van der Waals surface area contributed by atoms with Gasteiger partial charge in [0.1, 0.15) is 11.8 Å². The Balaban J connectivity index is 2.44. The lowest BCUT2D eigenvalue weighted by atomic mass is 10.2. The number of hydrogen-bond donors (Lipinski definition) is 2. The van der Waals surface area contributed by atoms with Crippen molar-refractivity contribution in [2.75, 3.05) is 5.32 Å². The molecular formula is C11H17N3O3. The van der Waals surface area contributed by atoms with Crippen molar-refractivity contribution in [3.05, 3.63) is 11.8 Å². The average Bonchev–Trinajstić information content (AvgIpc) is 2.64. The van der Waals surface area contributed by atoms with Gasteiger partial charge in [-0.2, -0.15) is 0 Å². The molecule has 0 aliphatic rings. The van der Waals surface area contributed by atoms with Crippen LogP contribution in [0.1, 0.15) is 32.4 Å². The highest BCUT2D eigenvalue weighted by atomic mass is 16.5. The smallest absolute Gasteiger partial charge is 0.247 e. The Labute approximate surface area is 99.7 Å². The van der Waals surface area contributed by atoms with E-state index < -0.39 is 6.04 Å². The SMILES string of the molecule is CCCC(=O)N[C@@H](C)C(=O)Nc1cc(C)on1. The molecule has 0 bridgehead atoms. The Morgan fingerprint density at radius 3 is 2.76 bits per heavy atom. The Morgan fingerprint density at radius 1 is 1.53 bits per heavy atom. The van der Waals surface area contributed by atoms with Crippen LogP contribution >= 0.6 is 0 Å². The molecule has 0 radical (unpaired) electrons. The van der Waals surface area contributed by atoms with Crippen molar-refractivity contribution < 1.29 is 14.1 Å². The van der Waals surface area contributed by atoms with E-state index in [1.807, 2.05) is 6.92 Å². The molecule has 17 heavy (non-hydrogen) atoms. The van der Waals surface area contributed by atoms with Gasteiger partial charge in [0.25, 0.3) is 0 Å². The summed E-state index contributed by atoms with van der Waals surface area (Å²) >= 11 is 0. The minimum atomic E-state index is -0.592. The molecule has 0 spiro atoms. The van der Waals surface area contributed by atoms with E-state index in [1.54, 1.807) is 19.9 Å². The largest absolute Gasteiger partial charge is 0.360 e. The summed E-state index contributed by atoms with van der Waals surface area (Å²) in [6.07, 6.45) is 1.17. The molecule has 1 aromatic rings. The van der Waals surface area contributed by atoms with Gasteiger partial charge in [0.2, 0.25) is 11.8 Å². The first-order valence-corrected chi connectivity index (χ1v) is 5.56. The molecule has 0 saturated carbocycles. The quantitative estimate of drug-likeness (QED) is 0.809. The molecule has 2 amide bonds. The molecule has 94 valence electrons. The lowest BCUT2D eigenvalue weighted by Gasteiger charge is -2.12. The number of rotatable bonds is 5. The van der Waals surface area contributed by atoms with E-state index in [2.05, 4.69) is 15.8 Å². The number of aromatic nitrogens is 1. The van der Waals surface area contributed by atoms with Crippen molar-refractivity contribution in [3.63, 3.8) is 0 Å². The Hall–Kier alpha value is -1.85. The normalized spacial score (nSPS) is 11.9. The maximum absolute atomic E-state index is 11.7. The number of anilines is 1. The molecule has 1 rings (SSSR count). The van der Waals surface area contributed by atoms with Gasteiger partial charge in [-0.25, -0.2) is 0 Å². The van der Waals surface area contributed by atoms with Crippen LogP contribution in [0.4, 0.5) is 5.82 Å². The van der Waals surface area contributed by atoms with Crippen molar-refractivity contribution >= 4 is 17.6 Å². The lowest BCUT2D eigenvalue weighted by Crippen LogP contribution is -2.41. The topological polar surface area (TPSA) is 84.2 Å². The number of carbonyl (C=O) groups excluding carboxylic acids is 2. The van der Waals surface area contributed by atoms with Gasteiger partial charge >= 0.3 is 0 Å². The third-order valence-corrected chi connectivity index (χ3v) is 2.13. The molecule has 2 N–H and O–H groups in total. The van der Waals surface area contributed by atoms with Crippen molar-refractivity contribution in [2.45, 2.75) is 39.7 Å². The van der Waals surface area contributed by atoms with Crippen LogP contribution in [0, 0.1) is 6.92 Å². The molecule has 1 atom stereocenters. The lowest BCUT2D eigenvalue weighted by molar-refractivity contribution is -0.126. The molecule has 6 heteroatoms. The minimum absolute atomic E-state index is 0.133. The predicted octanol–water partition coefficient (Wildman–Crippen LogP) is 1.23. The fraction of sp³-hybridized carbons (Fsp3) is 0.545. The van der Waals surface area contributed by atoms with Crippen LogP contribution in [-0.2, 0) is 9.59 Å². The Kier molecular flexibility index (Phi) is 4.68. The minimum Gasteiger partial charge on any atom is -0.360 e. The van der Waals surface area contributed by atoms with Crippen LogP contribution in [0.5, 0.6) is 0 Å². The van der Waals surface area contributed by atoms with Crippen LogP contribution in [0.2, 0.25) is 0 Å². The van der Waals surface area contributed by atoms with Crippen molar-refractivity contribution in [2.24, 2.45) is 0 Å². The summed E-state index contributed by atoms with van der Waals surface area (Å²) in [6.45, 7) is 5.26. The van der Waals surface area contributed by atoms with Crippen LogP contribution in [0.25, 0.3) is 0 Å². The van der Waals surface area contributed by atoms with Gasteiger partial charge < -0.3 is 15.2 Å². The number of hydrogen-bond acceptors (Lipinski definition) is 4. The number of nitrogens with one attached hydrogen (secondary N) is 2. The van der Waals surface area contributed by atoms with E-state index >= 15 is 0 Å². The van der Waals surface area contributed by atoms with Crippen molar-refractivity contribution in [3.8, 4) is 0 Å². The molecule has 1 aromatic heterocycles. The van der Waals surface area contributed by atoms with E-state index in [0.717, 1.165) is 6.42 Å². The Bertz CT molecular complexity index is 400. The van der Waals surface area contributed by atoms with Crippen LogP contribution < -0.4 is 10.6 Å². The molecule has 0 aliphatic carbocycles. The highest BCUT2D eigenvalue weighted by Gasteiger charge is 2.16. The van der Waals surface area contributed by atoms with E-state index in [1.165, 1.54) is 0 Å². The van der Waals surface area contributed by atoms with Crippen LogP contribution in [-0.4, -0.2) is 23.0 Å². The first kappa shape index (κ1) is 13.2. The Morgan fingerprint density at radius 2 is 2.24 bits per heavy atom. The van der Waals surface area contributed by atoms with Gasteiger partial charge in [-0.3, -0.25) is 9.59 Å². The zero-order valence-electron chi connectivity index (χ0n) is 10.2. The molecule has 0 saturated heterocycles. The summed E-state index contributed by atoms with van der Waals surface area (Å²) in [7, 11) is 0. The van der Waals surface area contributed by atoms with Crippen molar-refractivity contribution in [1.82, 2.24) is 10.5 Å². The highest BCUT2D eigenvalue weighted by molar-refractivity contribution is 5.96. The zero-order valence-corrected chi connectivity index (χ0v) is 10.2. The van der Waals surface area contributed by atoms with Crippen molar-refractivity contribution in [1.29, 1.82) is 0 Å². The molecule has 0 aromatic carbocycles. The average molecular weight is 239 g/mol. The number of nitrogens with zero attached hydrogens (tertiary/aromatic N) is 1. The fourth-order valence-corrected chi connectivity index (χ4v) is 1.27. The third kappa shape index (κ3) is 4.26. The molecular weight excluding hydrogens is 222 g/mol. The van der Waals surface area contributed by atoms with Crippen LogP contribution in [0.15, 0.2) is 10.6 Å². The fourth-order valence-electron chi connectivity index (χ4n) is 1.27. The summed E-state index contributed by atoms with van der Waals surface area (Å²) in [5.74, 6) is 0.515. The van der Waals surface area contributed by atoms with Gasteiger partial charge in [-0.15, -0.1) is 0 Å². The molecule has 0 aliphatic heterocycles. The second-order valence-electron chi connectivity index (χ2n) is 3.85.